The summed E-state index contributed by atoms with van der Waals surface area (Å²) in [4.78, 5) is 14.9. The first-order valence-corrected chi connectivity index (χ1v) is 8.36. The van der Waals surface area contributed by atoms with Gasteiger partial charge in [0.1, 0.15) is 0 Å². The molecule has 0 spiro atoms. The second-order valence-electron chi connectivity index (χ2n) is 6.05. The maximum Gasteiger partial charge on any atom is 0.269 e. The van der Waals surface area contributed by atoms with Crippen molar-refractivity contribution in [1.82, 2.24) is 10.6 Å². The third-order valence-corrected chi connectivity index (χ3v) is 3.54. The Bertz CT molecular complexity index is 697. The van der Waals surface area contributed by atoms with E-state index in [2.05, 4.69) is 41.6 Å². The second kappa shape index (κ2) is 9.42. The predicted molar refractivity (Wildman–Crippen MR) is 101 cm³/mol. The normalized spacial score (nSPS) is 11.4. The maximum absolute atomic E-state index is 10.7. The molecular formula is C19H24N4O2. The van der Waals surface area contributed by atoms with Gasteiger partial charge in [0.25, 0.3) is 5.69 Å². The van der Waals surface area contributed by atoms with E-state index >= 15 is 0 Å². The van der Waals surface area contributed by atoms with Gasteiger partial charge >= 0.3 is 0 Å². The molecule has 0 atom stereocenters. The number of guanidine groups is 1. The molecule has 2 aromatic rings. The number of nitro benzene ring substituents is 1. The summed E-state index contributed by atoms with van der Waals surface area (Å²) >= 11 is 0. The molecule has 2 aromatic carbocycles. The van der Waals surface area contributed by atoms with Gasteiger partial charge in [0.15, 0.2) is 5.96 Å². The van der Waals surface area contributed by atoms with Crippen LogP contribution in [0.5, 0.6) is 0 Å². The van der Waals surface area contributed by atoms with Crippen LogP contribution in [-0.4, -0.2) is 23.5 Å². The van der Waals surface area contributed by atoms with Gasteiger partial charge in [0.2, 0.25) is 0 Å². The van der Waals surface area contributed by atoms with Crippen molar-refractivity contribution < 1.29 is 4.92 Å². The molecule has 6 heteroatoms. The van der Waals surface area contributed by atoms with Crippen LogP contribution >= 0.6 is 0 Å². The SMILES string of the molecule is CC(C)NC(=NCc1ccc([N+](=O)[O-])cc1)NCCc1ccccc1. The molecule has 0 aromatic heterocycles. The van der Waals surface area contributed by atoms with Crippen LogP contribution in [0.3, 0.4) is 0 Å². The van der Waals surface area contributed by atoms with Crippen molar-refractivity contribution in [2.24, 2.45) is 4.99 Å². The summed E-state index contributed by atoms with van der Waals surface area (Å²) in [5.41, 5.74) is 2.29. The highest BCUT2D eigenvalue weighted by molar-refractivity contribution is 5.80. The van der Waals surface area contributed by atoms with Crippen molar-refractivity contribution in [2.75, 3.05) is 6.54 Å². The van der Waals surface area contributed by atoms with E-state index in [1.165, 1.54) is 17.7 Å². The molecule has 0 unspecified atom stereocenters. The Balaban J connectivity index is 1.93. The fourth-order valence-corrected chi connectivity index (χ4v) is 2.29. The summed E-state index contributed by atoms with van der Waals surface area (Å²) in [6.07, 6.45) is 0.914. The van der Waals surface area contributed by atoms with Gasteiger partial charge < -0.3 is 10.6 Å². The number of non-ortho nitro benzene ring substituents is 1. The molecule has 0 aliphatic carbocycles. The van der Waals surface area contributed by atoms with Crippen LogP contribution in [-0.2, 0) is 13.0 Å². The fraction of sp³-hybridized carbons (Fsp3) is 0.316. The van der Waals surface area contributed by atoms with E-state index in [0.717, 1.165) is 24.5 Å². The van der Waals surface area contributed by atoms with Crippen molar-refractivity contribution in [2.45, 2.75) is 32.9 Å². The average Bonchev–Trinajstić information content (AvgIpc) is 2.60. The van der Waals surface area contributed by atoms with Crippen LogP contribution in [0.4, 0.5) is 5.69 Å². The van der Waals surface area contributed by atoms with E-state index in [4.69, 9.17) is 0 Å². The Labute approximate surface area is 148 Å². The highest BCUT2D eigenvalue weighted by atomic mass is 16.6. The Morgan fingerprint density at radius 1 is 1.08 bits per heavy atom. The summed E-state index contributed by atoms with van der Waals surface area (Å²) in [5, 5.41) is 17.3. The van der Waals surface area contributed by atoms with E-state index in [1.54, 1.807) is 12.1 Å². The lowest BCUT2D eigenvalue weighted by atomic mass is 10.1. The number of benzene rings is 2. The van der Waals surface area contributed by atoms with Crippen LogP contribution in [0.15, 0.2) is 59.6 Å². The minimum absolute atomic E-state index is 0.0919. The smallest absolute Gasteiger partial charge is 0.269 e. The lowest BCUT2D eigenvalue weighted by Crippen LogP contribution is -2.41. The Hall–Kier alpha value is -2.89. The van der Waals surface area contributed by atoms with Gasteiger partial charge in [0.05, 0.1) is 11.5 Å². The highest BCUT2D eigenvalue weighted by Gasteiger charge is 2.05. The number of hydrogen-bond acceptors (Lipinski definition) is 3. The number of rotatable bonds is 7. The van der Waals surface area contributed by atoms with Crippen LogP contribution in [0.2, 0.25) is 0 Å². The van der Waals surface area contributed by atoms with E-state index in [0.29, 0.717) is 6.54 Å². The molecule has 25 heavy (non-hydrogen) atoms. The zero-order valence-corrected chi connectivity index (χ0v) is 14.6. The van der Waals surface area contributed by atoms with Gasteiger partial charge in [-0.25, -0.2) is 4.99 Å². The first kappa shape index (κ1) is 18.4. The number of aliphatic imine (C=N–C) groups is 1. The molecule has 0 heterocycles. The molecule has 0 aliphatic rings. The van der Waals surface area contributed by atoms with Crippen LogP contribution in [0, 0.1) is 10.1 Å². The second-order valence-corrected chi connectivity index (χ2v) is 6.05. The molecule has 0 amide bonds. The van der Waals surface area contributed by atoms with Crippen LogP contribution in [0.1, 0.15) is 25.0 Å². The van der Waals surface area contributed by atoms with Crippen molar-refractivity contribution in [3.63, 3.8) is 0 Å². The highest BCUT2D eigenvalue weighted by Crippen LogP contribution is 2.12. The topological polar surface area (TPSA) is 79.6 Å². The third kappa shape index (κ3) is 6.63. The van der Waals surface area contributed by atoms with Gasteiger partial charge in [-0.1, -0.05) is 42.5 Å². The molecule has 0 bridgehead atoms. The van der Waals surface area contributed by atoms with E-state index < -0.39 is 4.92 Å². The van der Waals surface area contributed by atoms with Crippen molar-refractivity contribution in [3.8, 4) is 0 Å². The average molecular weight is 340 g/mol. The van der Waals surface area contributed by atoms with Gasteiger partial charge in [-0.05, 0) is 31.4 Å². The largest absolute Gasteiger partial charge is 0.356 e. The molecular weight excluding hydrogens is 316 g/mol. The molecule has 132 valence electrons. The Kier molecular flexibility index (Phi) is 6.95. The third-order valence-electron chi connectivity index (χ3n) is 3.54. The first-order valence-electron chi connectivity index (χ1n) is 8.36. The quantitative estimate of drug-likeness (QED) is 0.351. The van der Waals surface area contributed by atoms with Gasteiger partial charge in [0, 0.05) is 24.7 Å². The molecule has 0 radical (unpaired) electrons. The van der Waals surface area contributed by atoms with E-state index in [9.17, 15) is 10.1 Å². The number of nitrogens with one attached hydrogen (secondary N) is 2. The molecule has 2 rings (SSSR count). The zero-order valence-electron chi connectivity index (χ0n) is 14.6. The monoisotopic (exact) mass is 340 g/mol. The molecule has 2 N–H and O–H groups in total. The lowest BCUT2D eigenvalue weighted by Gasteiger charge is -2.15. The number of hydrogen-bond donors (Lipinski definition) is 2. The summed E-state index contributed by atoms with van der Waals surface area (Å²) in [6, 6.07) is 17.0. The summed E-state index contributed by atoms with van der Waals surface area (Å²) in [6.45, 7) is 5.36. The van der Waals surface area contributed by atoms with Crippen LogP contribution < -0.4 is 10.6 Å². The Morgan fingerprint density at radius 2 is 1.76 bits per heavy atom. The first-order chi connectivity index (χ1) is 12.0. The van der Waals surface area contributed by atoms with Crippen molar-refractivity contribution in [1.29, 1.82) is 0 Å². The molecule has 6 nitrogen and oxygen atoms in total. The minimum atomic E-state index is -0.399. The fourth-order valence-electron chi connectivity index (χ4n) is 2.29. The zero-order chi connectivity index (χ0) is 18.1. The van der Waals surface area contributed by atoms with Gasteiger partial charge in [-0.2, -0.15) is 0 Å². The molecule has 0 aliphatic heterocycles. The van der Waals surface area contributed by atoms with Crippen LogP contribution in [0.25, 0.3) is 0 Å². The molecule has 0 fully saturated rings. The van der Waals surface area contributed by atoms with E-state index in [-0.39, 0.29) is 11.7 Å². The Morgan fingerprint density at radius 3 is 2.36 bits per heavy atom. The van der Waals surface area contributed by atoms with Gasteiger partial charge in [-0.3, -0.25) is 10.1 Å². The maximum atomic E-state index is 10.7. The summed E-state index contributed by atoms with van der Waals surface area (Å²) in [5.74, 6) is 0.740. The van der Waals surface area contributed by atoms with E-state index in [1.807, 2.05) is 18.2 Å². The van der Waals surface area contributed by atoms with Gasteiger partial charge in [-0.15, -0.1) is 0 Å². The van der Waals surface area contributed by atoms with Crippen molar-refractivity contribution in [3.05, 3.63) is 75.8 Å². The standard InChI is InChI=1S/C19H24N4O2/c1-15(2)22-19(20-13-12-16-6-4-3-5-7-16)21-14-17-8-10-18(11-9-17)23(24)25/h3-11,15H,12-14H2,1-2H3,(H2,20,21,22). The summed E-state index contributed by atoms with van der Waals surface area (Å²) in [7, 11) is 0. The van der Waals surface area contributed by atoms with Crippen molar-refractivity contribution >= 4 is 11.6 Å². The molecule has 0 saturated heterocycles. The number of nitrogens with zero attached hydrogens (tertiary/aromatic N) is 2. The predicted octanol–water partition coefficient (Wildman–Crippen LogP) is 3.28. The minimum Gasteiger partial charge on any atom is -0.356 e. The molecule has 0 saturated carbocycles. The summed E-state index contributed by atoms with van der Waals surface area (Å²) < 4.78 is 0. The lowest BCUT2D eigenvalue weighted by molar-refractivity contribution is -0.384. The number of nitro groups is 1.